The van der Waals surface area contributed by atoms with Crippen molar-refractivity contribution in [1.29, 1.82) is 0 Å². The summed E-state index contributed by atoms with van der Waals surface area (Å²) in [4.78, 5) is 28.6. The number of benzene rings is 2. The van der Waals surface area contributed by atoms with Gasteiger partial charge in [0.05, 0.1) is 6.54 Å². The molecule has 0 radical (unpaired) electrons. The van der Waals surface area contributed by atoms with E-state index in [-0.39, 0.29) is 24.2 Å². The topological polar surface area (TPSA) is 61.9 Å². The average molecular weight is 413 g/mol. The lowest BCUT2D eigenvalue weighted by atomic mass is 10.0. The molecule has 2 aromatic carbocycles. The van der Waals surface area contributed by atoms with Crippen molar-refractivity contribution in [3.8, 4) is 5.75 Å². The van der Waals surface area contributed by atoms with E-state index in [4.69, 9.17) is 4.74 Å². The molecule has 0 aliphatic carbocycles. The number of carbonyl (C=O) groups excluding carboxylic acids is 2. The molecule has 0 aromatic heterocycles. The van der Waals surface area contributed by atoms with E-state index >= 15 is 0 Å². The molecule has 3 rings (SSSR count). The molecule has 1 N–H and O–H groups in total. The summed E-state index contributed by atoms with van der Waals surface area (Å²) in [5, 5.41) is 3.01. The van der Waals surface area contributed by atoms with Gasteiger partial charge in [0.15, 0.2) is 6.61 Å². The molecule has 30 heavy (non-hydrogen) atoms. The van der Waals surface area contributed by atoms with E-state index < -0.39 is 0 Å². The van der Waals surface area contributed by atoms with Gasteiger partial charge < -0.3 is 15.0 Å². The minimum absolute atomic E-state index is 0.0532. The van der Waals surface area contributed by atoms with E-state index in [0.717, 1.165) is 11.3 Å². The van der Waals surface area contributed by atoms with Crippen LogP contribution in [0.3, 0.4) is 0 Å². The Balaban J connectivity index is 1.42. The van der Waals surface area contributed by atoms with Crippen LogP contribution in [0.15, 0.2) is 48.5 Å². The highest BCUT2D eigenvalue weighted by Crippen LogP contribution is 2.23. The van der Waals surface area contributed by atoms with Crippen LogP contribution in [0.1, 0.15) is 25.3 Å². The van der Waals surface area contributed by atoms with Crippen molar-refractivity contribution in [3.05, 3.63) is 59.9 Å². The predicted molar refractivity (Wildman–Crippen MR) is 114 cm³/mol. The number of halogens is 1. The van der Waals surface area contributed by atoms with Crippen LogP contribution in [-0.2, 0) is 9.59 Å². The summed E-state index contributed by atoms with van der Waals surface area (Å²) in [6.45, 7) is 6.74. The number of hydrogen-bond donors (Lipinski definition) is 1. The Hall–Kier alpha value is -2.93. The van der Waals surface area contributed by atoms with E-state index in [1.807, 2.05) is 29.2 Å². The van der Waals surface area contributed by atoms with Crippen molar-refractivity contribution < 1.29 is 18.7 Å². The lowest BCUT2D eigenvalue weighted by Gasteiger charge is -2.34. The molecule has 0 atom stereocenters. The molecule has 1 aliphatic heterocycles. The van der Waals surface area contributed by atoms with Gasteiger partial charge in [0.25, 0.3) is 5.91 Å². The summed E-state index contributed by atoms with van der Waals surface area (Å²) in [5.41, 5.74) is 1.96. The SMILES string of the molecule is CC(C)c1ccccc1NC(=O)CN1CCN(C(=O)COc2ccc(F)cc2)CC1. The zero-order chi connectivity index (χ0) is 21.5. The van der Waals surface area contributed by atoms with Crippen LogP contribution in [-0.4, -0.2) is 60.9 Å². The second-order valence-corrected chi connectivity index (χ2v) is 7.69. The fourth-order valence-electron chi connectivity index (χ4n) is 3.43. The zero-order valence-corrected chi connectivity index (χ0v) is 17.4. The second-order valence-electron chi connectivity index (χ2n) is 7.69. The van der Waals surface area contributed by atoms with E-state index in [9.17, 15) is 14.0 Å². The van der Waals surface area contributed by atoms with Crippen LogP contribution in [0.2, 0.25) is 0 Å². The highest BCUT2D eigenvalue weighted by molar-refractivity contribution is 5.93. The minimum Gasteiger partial charge on any atom is -0.484 e. The van der Waals surface area contributed by atoms with Gasteiger partial charge in [0.2, 0.25) is 5.91 Å². The Labute approximate surface area is 176 Å². The van der Waals surface area contributed by atoms with Crippen LogP contribution in [0.4, 0.5) is 10.1 Å². The molecule has 1 fully saturated rings. The van der Waals surface area contributed by atoms with Gasteiger partial charge in [-0.3, -0.25) is 14.5 Å². The van der Waals surface area contributed by atoms with Gasteiger partial charge >= 0.3 is 0 Å². The van der Waals surface area contributed by atoms with Crippen LogP contribution < -0.4 is 10.1 Å². The van der Waals surface area contributed by atoms with E-state index in [1.54, 1.807) is 4.90 Å². The lowest BCUT2D eigenvalue weighted by Crippen LogP contribution is -2.51. The monoisotopic (exact) mass is 413 g/mol. The molecule has 2 amide bonds. The third-order valence-corrected chi connectivity index (χ3v) is 5.13. The Bertz CT molecular complexity index is 862. The number of hydrogen-bond acceptors (Lipinski definition) is 4. The van der Waals surface area contributed by atoms with Crippen molar-refractivity contribution in [2.75, 3.05) is 44.6 Å². The first-order valence-electron chi connectivity index (χ1n) is 10.2. The molecule has 0 unspecified atom stereocenters. The largest absolute Gasteiger partial charge is 0.484 e. The normalized spacial score (nSPS) is 14.6. The van der Waals surface area contributed by atoms with Crippen molar-refractivity contribution >= 4 is 17.5 Å². The van der Waals surface area contributed by atoms with E-state index in [0.29, 0.717) is 44.4 Å². The second kappa shape index (κ2) is 10.2. The van der Waals surface area contributed by atoms with Crippen LogP contribution in [0.25, 0.3) is 0 Å². The first-order chi connectivity index (χ1) is 14.4. The molecule has 6 nitrogen and oxygen atoms in total. The smallest absolute Gasteiger partial charge is 0.260 e. The molecular formula is C23H28FN3O3. The standard InChI is InChI=1S/C23H28FN3O3/c1-17(2)20-5-3-4-6-21(20)25-22(28)15-26-11-13-27(14-12-26)23(29)16-30-19-9-7-18(24)8-10-19/h3-10,17H,11-16H2,1-2H3,(H,25,28). The van der Waals surface area contributed by atoms with Gasteiger partial charge in [-0.2, -0.15) is 0 Å². The van der Waals surface area contributed by atoms with Gasteiger partial charge in [-0.25, -0.2) is 4.39 Å². The fraction of sp³-hybridized carbons (Fsp3) is 0.391. The molecular weight excluding hydrogens is 385 g/mol. The summed E-state index contributed by atoms with van der Waals surface area (Å²) in [7, 11) is 0. The molecule has 160 valence electrons. The van der Waals surface area contributed by atoms with Gasteiger partial charge in [-0.15, -0.1) is 0 Å². The van der Waals surface area contributed by atoms with Crippen molar-refractivity contribution in [1.82, 2.24) is 9.80 Å². The third-order valence-electron chi connectivity index (χ3n) is 5.13. The molecule has 1 aliphatic rings. The number of nitrogens with one attached hydrogen (secondary N) is 1. The van der Waals surface area contributed by atoms with E-state index in [2.05, 4.69) is 19.2 Å². The molecule has 2 aromatic rings. The first kappa shape index (κ1) is 21.8. The molecule has 0 saturated carbocycles. The Morgan fingerprint density at radius 1 is 1.03 bits per heavy atom. The number of rotatable bonds is 7. The predicted octanol–water partition coefficient (Wildman–Crippen LogP) is 3.11. The Morgan fingerprint density at radius 2 is 1.70 bits per heavy atom. The van der Waals surface area contributed by atoms with Gasteiger partial charge in [-0.1, -0.05) is 32.0 Å². The maximum Gasteiger partial charge on any atom is 0.260 e. The number of ether oxygens (including phenoxy) is 1. The lowest BCUT2D eigenvalue weighted by molar-refractivity contribution is -0.135. The van der Waals surface area contributed by atoms with Crippen molar-refractivity contribution in [2.24, 2.45) is 0 Å². The maximum atomic E-state index is 12.9. The van der Waals surface area contributed by atoms with Crippen LogP contribution in [0, 0.1) is 5.82 Å². The quantitative estimate of drug-likeness (QED) is 0.758. The number of para-hydroxylation sites is 1. The fourth-order valence-corrected chi connectivity index (χ4v) is 3.43. The summed E-state index contributed by atoms with van der Waals surface area (Å²) < 4.78 is 18.3. The summed E-state index contributed by atoms with van der Waals surface area (Å²) >= 11 is 0. The molecule has 0 spiro atoms. The van der Waals surface area contributed by atoms with Crippen molar-refractivity contribution in [3.63, 3.8) is 0 Å². The van der Waals surface area contributed by atoms with E-state index in [1.165, 1.54) is 24.3 Å². The van der Waals surface area contributed by atoms with Gasteiger partial charge in [0, 0.05) is 31.9 Å². The third kappa shape index (κ3) is 6.03. The number of carbonyl (C=O) groups is 2. The zero-order valence-electron chi connectivity index (χ0n) is 17.4. The van der Waals surface area contributed by atoms with Crippen LogP contribution >= 0.6 is 0 Å². The summed E-state index contributed by atoms with van der Waals surface area (Å²) in [6, 6.07) is 13.4. The maximum absolute atomic E-state index is 12.9. The Morgan fingerprint density at radius 3 is 2.37 bits per heavy atom. The van der Waals surface area contributed by atoms with Gasteiger partial charge in [-0.05, 0) is 41.8 Å². The molecule has 1 saturated heterocycles. The number of nitrogens with zero attached hydrogens (tertiary/aromatic N) is 2. The molecule has 7 heteroatoms. The number of anilines is 1. The minimum atomic E-state index is -0.346. The Kier molecular flexibility index (Phi) is 7.41. The summed E-state index contributed by atoms with van der Waals surface area (Å²) in [5.74, 6) is 0.272. The summed E-state index contributed by atoms with van der Waals surface area (Å²) in [6.07, 6.45) is 0. The number of amides is 2. The van der Waals surface area contributed by atoms with Gasteiger partial charge in [0.1, 0.15) is 11.6 Å². The first-order valence-corrected chi connectivity index (χ1v) is 10.2. The van der Waals surface area contributed by atoms with Crippen molar-refractivity contribution in [2.45, 2.75) is 19.8 Å². The highest BCUT2D eigenvalue weighted by Gasteiger charge is 2.23. The molecule has 1 heterocycles. The molecule has 0 bridgehead atoms. The number of piperazine rings is 1. The average Bonchev–Trinajstić information content (AvgIpc) is 2.74. The van der Waals surface area contributed by atoms with Crippen LogP contribution in [0.5, 0.6) is 5.75 Å². The highest BCUT2D eigenvalue weighted by atomic mass is 19.1.